The summed E-state index contributed by atoms with van der Waals surface area (Å²) < 4.78 is 27.7. The number of carbonyl (C=O) groups is 1. The highest BCUT2D eigenvalue weighted by atomic mass is 32.2. The van der Waals surface area contributed by atoms with Crippen LogP contribution in [0.5, 0.6) is 0 Å². The highest BCUT2D eigenvalue weighted by molar-refractivity contribution is 7.93. The largest absolute Gasteiger partial charge is 0.272 e. The highest BCUT2D eigenvalue weighted by Crippen LogP contribution is 2.27. The third-order valence-electron chi connectivity index (χ3n) is 4.73. The van der Waals surface area contributed by atoms with Gasteiger partial charge in [0, 0.05) is 5.56 Å². The molecule has 29 heavy (non-hydrogen) atoms. The van der Waals surface area contributed by atoms with Crippen LogP contribution in [0.4, 0.5) is 5.69 Å². The van der Waals surface area contributed by atoms with Crippen LogP contribution < -0.4 is 4.31 Å². The van der Waals surface area contributed by atoms with Gasteiger partial charge in [0.1, 0.15) is 0 Å². The topological polar surface area (TPSA) is 54.5 Å². The molecule has 0 spiro atoms. The van der Waals surface area contributed by atoms with Crippen molar-refractivity contribution in [1.29, 1.82) is 0 Å². The van der Waals surface area contributed by atoms with E-state index >= 15 is 0 Å². The van der Waals surface area contributed by atoms with Gasteiger partial charge in [0.2, 0.25) is 0 Å². The maximum Gasteiger partial charge on any atom is 0.272 e. The van der Waals surface area contributed by atoms with E-state index in [1.807, 2.05) is 19.1 Å². The molecular formula is C24H25NO3S. The van der Waals surface area contributed by atoms with Crippen LogP contribution in [0, 0.1) is 6.92 Å². The van der Waals surface area contributed by atoms with Gasteiger partial charge >= 0.3 is 0 Å². The number of anilines is 1. The summed E-state index contributed by atoms with van der Waals surface area (Å²) in [6, 6.07) is 22.0. The first-order valence-electron chi connectivity index (χ1n) is 9.42. The Morgan fingerprint density at radius 1 is 0.793 bits per heavy atom. The lowest BCUT2D eigenvalue weighted by Gasteiger charge is -2.24. The smallest absolute Gasteiger partial charge is 0.268 e. The standard InChI is InChI=1S/C24H25NO3S/c1-18-10-16-22(17-11-18)29(27,28)25(21-8-6-5-7-9-21)23(26)19-12-14-20(15-13-19)24(2,3)4/h5-17H,1-4H3. The number of aryl methyl sites for hydroxylation is 1. The zero-order valence-corrected chi connectivity index (χ0v) is 17.9. The Balaban J connectivity index is 2.09. The molecule has 0 aliphatic carbocycles. The van der Waals surface area contributed by atoms with E-state index in [1.165, 1.54) is 12.1 Å². The Labute approximate surface area is 172 Å². The maximum absolute atomic E-state index is 13.4. The van der Waals surface area contributed by atoms with Gasteiger partial charge < -0.3 is 0 Å². The van der Waals surface area contributed by atoms with Gasteiger partial charge in [0.25, 0.3) is 15.9 Å². The second-order valence-corrected chi connectivity index (χ2v) is 9.84. The van der Waals surface area contributed by atoms with Crippen LogP contribution in [0.3, 0.4) is 0 Å². The lowest BCUT2D eigenvalue weighted by atomic mass is 9.87. The van der Waals surface area contributed by atoms with E-state index in [9.17, 15) is 13.2 Å². The predicted molar refractivity (Wildman–Crippen MR) is 117 cm³/mol. The van der Waals surface area contributed by atoms with Gasteiger partial charge in [-0.2, -0.15) is 4.31 Å². The molecule has 0 fully saturated rings. The van der Waals surface area contributed by atoms with E-state index in [-0.39, 0.29) is 10.3 Å². The van der Waals surface area contributed by atoms with Gasteiger partial charge in [-0.05, 0) is 54.3 Å². The minimum absolute atomic E-state index is 0.0608. The van der Waals surface area contributed by atoms with Crippen molar-refractivity contribution in [3.63, 3.8) is 0 Å². The van der Waals surface area contributed by atoms with Crippen molar-refractivity contribution in [3.8, 4) is 0 Å². The van der Waals surface area contributed by atoms with Crippen molar-refractivity contribution < 1.29 is 13.2 Å². The van der Waals surface area contributed by atoms with Crippen LogP contribution in [0.15, 0.2) is 83.8 Å². The molecule has 150 valence electrons. The average Bonchev–Trinajstić information content (AvgIpc) is 2.68. The minimum atomic E-state index is -4.07. The van der Waals surface area contributed by atoms with Gasteiger partial charge in [-0.1, -0.05) is 68.8 Å². The number of nitrogens with zero attached hydrogens (tertiary/aromatic N) is 1. The zero-order valence-electron chi connectivity index (χ0n) is 17.1. The fourth-order valence-corrected chi connectivity index (χ4v) is 4.39. The van der Waals surface area contributed by atoms with Crippen molar-refractivity contribution in [1.82, 2.24) is 0 Å². The molecule has 0 saturated heterocycles. The Kier molecular flexibility index (Phi) is 5.62. The van der Waals surface area contributed by atoms with Crippen LogP contribution in [0.1, 0.15) is 42.3 Å². The molecule has 5 heteroatoms. The molecule has 3 rings (SSSR count). The van der Waals surface area contributed by atoms with Crippen LogP contribution in [0.2, 0.25) is 0 Å². The molecule has 0 aliphatic rings. The van der Waals surface area contributed by atoms with E-state index in [2.05, 4.69) is 20.8 Å². The van der Waals surface area contributed by atoms with E-state index in [4.69, 9.17) is 0 Å². The number of carbonyl (C=O) groups excluding carboxylic acids is 1. The van der Waals surface area contributed by atoms with Crippen molar-refractivity contribution in [2.45, 2.75) is 38.0 Å². The first-order valence-corrected chi connectivity index (χ1v) is 10.9. The molecule has 3 aromatic rings. The Bertz CT molecular complexity index is 1100. The summed E-state index contributed by atoms with van der Waals surface area (Å²) in [7, 11) is -4.07. The lowest BCUT2D eigenvalue weighted by Crippen LogP contribution is -2.37. The van der Waals surface area contributed by atoms with Crippen LogP contribution in [-0.2, 0) is 15.4 Å². The summed E-state index contributed by atoms with van der Waals surface area (Å²) in [5.41, 5.74) is 2.57. The third-order valence-corrected chi connectivity index (χ3v) is 6.46. The fourth-order valence-electron chi connectivity index (χ4n) is 2.97. The predicted octanol–water partition coefficient (Wildman–Crippen LogP) is 5.33. The molecule has 0 radical (unpaired) electrons. The van der Waals surface area contributed by atoms with Gasteiger partial charge in [-0.25, -0.2) is 8.42 Å². The maximum atomic E-state index is 13.4. The normalized spacial score (nSPS) is 11.9. The van der Waals surface area contributed by atoms with Gasteiger partial charge in [0.15, 0.2) is 0 Å². The van der Waals surface area contributed by atoms with Gasteiger partial charge in [-0.3, -0.25) is 4.79 Å². The summed E-state index contributed by atoms with van der Waals surface area (Å²) in [6.07, 6.45) is 0. The molecule has 0 N–H and O–H groups in total. The zero-order chi connectivity index (χ0) is 21.2. The molecule has 0 bridgehead atoms. The Hall–Kier alpha value is -2.92. The second-order valence-electron chi connectivity index (χ2n) is 8.05. The number of para-hydroxylation sites is 1. The SMILES string of the molecule is Cc1ccc(S(=O)(=O)N(C(=O)c2ccc(C(C)(C)C)cc2)c2ccccc2)cc1. The van der Waals surface area contributed by atoms with E-state index < -0.39 is 15.9 Å². The van der Waals surface area contributed by atoms with Gasteiger partial charge in [0.05, 0.1) is 10.6 Å². The van der Waals surface area contributed by atoms with Crippen molar-refractivity contribution in [2.24, 2.45) is 0 Å². The molecule has 0 saturated carbocycles. The van der Waals surface area contributed by atoms with Gasteiger partial charge in [-0.15, -0.1) is 0 Å². The summed E-state index contributed by atoms with van der Waals surface area (Å²) in [5, 5.41) is 0. The second kappa shape index (κ2) is 7.84. The summed E-state index contributed by atoms with van der Waals surface area (Å²) in [5.74, 6) is -0.586. The third kappa shape index (κ3) is 4.40. The summed E-state index contributed by atoms with van der Waals surface area (Å²) in [4.78, 5) is 13.4. The molecular weight excluding hydrogens is 382 g/mol. The van der Waals surface area contributed by atoms with Crippen LogP contribution in [-0.4, -0.2) is 14.3 Å². The quantitative estimate of drug-likeness (QED) is 0.587. The fraction of sp³-hybridized carbons (Fsp3) is 0.208. The van der Waals surface area contributed by atoms with E-state index in [0.717, 1.165) is 15.4 Å². The first kappa shape index (κ1) is 20.8. The molecule has 0 atom stereocenters. The molecule has 3 aromatic carbocycles. The van der Waals surface area contributed by atoms with Crippen LogP contribution >= 0.6 is 0 Å². The highest BCUT2D eigenvalue weighted by Gasteiger charge is 2.32. The Morgan fingerprint density at radius 2 is 1.34 bits per heavy atom. The first-order chi connectivity index (χ1) is 13.6. The van der Waals surface area contributed by atoms with E-state index in [1.54, 1.807) is 54.6 Å². The molecule has 1 amide bonds. The number of benzene rings is 3. The monoisotopic (exact) mass is 407 g/mol. The molecule has 0 heterocycles. The lowest BCUT2D eigenvalue weighted by molar-refractivity contribution is 0.101. The minimum Gasteiger partial charge on any atom is -0.268 e. The molecule has 4 nitrogen and oxygen atoms in total. The number of hydrogen-bond acceptors (Lipinski definition) is 3. The van der Waals surface area contributed by atoms with Crippen molar-refractivity contribution in [2.75, 3.05) is 4.31 Å². The molecule has 0 aromatic heterocycles. The van der Waals surface area contributed by atoms with E-state index in [0.29, 0.717) is 11.3 Å². The molecule has 0 unspecified atom stereocenters. The van der Waals surface area contributed by atoms with Crippen molar-refractivity contribution in [3.05, 3.63) is 95.6 Å². The summed E-state index contributed by atoms with van der Waals surface area (Å²) >= 11 is 0. The summed E-state index contributed by atoms with van der Waals surface area (Å²) in [6.45, 7) is 8.14. The Morgan fingerprint density at radius 3 is 1.86 bits per heavy atom. The number of rotatable bonds is 4. The van der Waals surface area contributed by atoms with Crippen molar-refractivity contribution >= 4 is 21.6 Å². The number of amides is 1. The number of hydrogen-bond donors (Lipinski definition) is 0. The molecule has 0 aliphatic heterocycles. The number of sulfonamides is 1. The average molecular weight is 408 g/mol. The van der Waals surface area contributed by atoms with Crippen LogP contribution in [0.25, 0.3) is 0 Å².